The molecular formula is C15H26Si2. The minimum absolute atomic E-state index is 0.875. The summed E-state index contributed by atoms with van der Waals surface area (Å²) in [5, 5.41) is 1.54. The second-order valence-corrected chi connectivity index (χ2v) is 12.2. The van der Waals surface area contributed by atoms with Crippen molar-refractivity contribution in [3.63, 3.8) is 0 Å². The van der Waals surface area contributed by atoms with E-state index in [0.717, 1.165) is 9.52 Å². The Morgan fingerprint density at radius 2 is 1.47 bits per heavy atom. The van der Waals surface area contributed by atoms with Gasteiger partial charge in [-0.3, -0.25) is 0 Å². The van der Waals surface area contributed by atoms with Crippen LogP contribution in [0.5, 0.6) is 0 Å². The van der Waals surface area contributed by atoms with Crippen LogP contribution in [0.4, 0.5) is 0 Å². The van der Waals surface area contributed by atoms with Crippen LogP contribution in [0.1, 0.15) is 26.3 Å². The zero-order valence-corrected chi connectivity index (χ0v) is 13.8. The number of rotatable bonds is 7. The number of benzene rings is 1. The van der Waals surface area contributed by atoms with Crippen LogP contribution < -0.4 is 5.19 Å². The van der Waals surface area contributed by atoms with E-state index >= 15 is 0 Å². The summed E-state index contributed by atoms with van der Waals surface area (Å²) in [6.07, 6.45) is 0. The van der Waals surface area contributed by atoms with E-state index in [4.69, 9.17) is 0 Å². The minimum Gasteiger partial charge on any atom is -0.0678 e. The minimum atomic E-state index is -0.875. The summed E-state index contributed by atoms with van der Waals surface area (Å²) in [7, 11) is 0.143. The average molecular weight is 263 g/mol. The van der Waals surface area contributed by atoms with Crippen molar-refractivity contribution in [1.29, 1.82) is 0 Å². The summed E-state index contributed by atoms with van der Waals surface area (Å²) in [5.41, 5.74) is 1.37. The summed E-state index contributed by atoms with van der Waals surface area (Å²) in [6.45, 7) is 9.40. The van der Waals surface area contributed by atoms with Crippen molar-refractivity contribution >= 4 is 22.8 Å². The van der Waals surface area contributed by atoms with Gasteiger partial charge >= 0.3 is 0 Å². The summed E-state index contributed by atoms with van der Waals surface area (Å²) in [6, 6.07) is 16.5. The molecule has 0 aliphatic rings. The van der Waals surface area contributed by atoms with Gasteiger partial charge in [-0.2, -0.15) is 0 Å². The first-order valence-electron chi connectivity index (χ1n) is 6.96. The highest BCUT2D eigenvalue weighted by atomic mass is 28.3. The van der Waals surface area contributed by atoms with E-state index in [1.807, 2.05) is 0 Å². The first kappa shape index (κ1) is 14.7. The Hall–Kier alpha value is -0.346. The van der Waals surface area contributed by atoms with Crippen molar-refractivity contribution in [2.45, 2.75) is 57.9 Å². The molecule has 0 N–H and O–H groups in total. The maximum absolute atomic E-state index is 2.41. The van der Waals surface area contributed by atoms with Crippen LogP contribution in [0, 0.1) is 6.92 Å². The topological polar surface area (TPSA) is 0 Å². The first-order valence-corrected chi connectivity index (χ1v) is 11.0. The third-order valence-electron chi connectivity index (χ3n) is 4.29. The molecule has 0 aliphatic heterocycles. The highest BCUT2D eigenvalue weighted by Crippen LogP contribution is 2.26. The molecule has 1 aromatic carbocycles. The van der Waals surface area contributed by atoms with Crippen LogP contribution in [0.15, 0.2) is 24.3 Å². The Morgan fingerprint density at radius 1 is 0.941 bits per heavy atom. The molecule has 94 valence electrons. The van der Waals surface area contributed by atoms with Crippen LogP contribution in [0.2, 0.25) is 30.2 Å². The largest absolute Gasteiger partial charge is 0.0805 e. The van der Waals surface area contributed by atoms with Gasteiger partial charge in [0.2, 0.25) is 0 Å². The van der Waals surface area contributed by atoms with E-state index in [1.54, 1.807) is 5.19 Å². The van der Waals surface area contributed by atoms with E-state index in [-0.39, 0.29) is 0 Å². The molecule has 2 heteroatoms. The maximum Gasteiger partial charge on any atom is 0.0805 e. The molecule has 0 bridgehead atoms. The van der Waals surface area contributed by atoms with Gasteiger partial charge in [-0.15, -0.1) is 0 Å². The predicted octanol–water partition coefficient (Wildman–Crippen LogP) is 4.25. The molecule has 0 unspecified atom stereocenters. The quantitative estimate of drug-likeness (QED) is 0.644. The molecule has 0 atom stereocenters. The molecule has 1 aromatic rings. The molecule has 0 amide bonds. The second kappa shape index (κ2) is 7.17. The Morgan fingerprint density at radius 3 is 1.94 bits per heavy atom. The van der Waals surface area contributed by atoms with Crippen LogP contribution in [0.25, 0.3) is 0 Å². The van der Waals surface area contributed by atoms with Crippen molar-refractivity contribution in [3.05, 3.63) is 29.8 Å². The number of hydrogen-bond acceptors (Lipinski definition) is 0. The molecule has 0 saturated carbocycles. The van der Waals surface area contributed by atoms with Crippen molar-refractivity contribution in [3.8, 4) is 0 Å². The van der Waals surface area contributed by atoms with E-state index in [9.17, 15) is 0 Å². The summed E-state index contributed by atoms with van der Waals surface area (Å²) in [5.74, 6) is 0. The van der Waals surface area contributed by atoms with Gasteiger partial charge in [0.05, 0.1) is 17.6 Å². The average Bonchev–Trinajstić information content (AvgIpc) is 2.38. The fourth-order valence-corrected chi connectivity index (χ4v) is 8.30. The zero-order valence-electron chi connectivity index (χ0n) is 11.8. The van der Waals surface area contributed by atoms with E-state index < -0.39 is 8.07 Å². The van der Waals surface area contributed by atoms with Crippen LogP contribution in [0.3, 0.4) is 0 Å². The summed E-state index contributed by atoms with van der Waals surface area (Å²) in [4.78, 5) is 0. The number of hydrogen-bond donors (Lipinski definition) is 0. The molecule has 0 saturated heterocycles. The lowest BCUT2D eigenvalue weighted by atomic mass is 10.2. The van der Waals surface area contributed by atoms with Crippen molar-refractivity contribution in [2.75, 3.05) is 0 Å². The zero-order chi connectivity index (χ0) is 12.7. The Bertz CT molecular complexity index is 304. The van der Waals surface area contributed by atoms with Crippen molar-refractivity contribution in [2.24, 2.45) is 0 Å². The van der Waals surface area contributed by atoms with Gasteiger partial charge in [0, 0.05) is 0 Å². The van der Waals surface area contributed by atoms with Gasteiger partial charge in [-0.05, 0) is 6.92 Å². The van der Waals surface area contributed by atoms with Gasteiger partial charge in [0.25, 0.3) is 0 Å². The molecule has 0 fully saturated rings. The Labute approximate surface area is 111 Å². The molecule has 17 heavy (non-hydrogen) atoms. The summed E-state index contributed by atoms with van der Waals surface area (Å²) < 4.78 is 0. The molecule has 0 aliphatic carbocycles. The third kappa shape index (κ3) is 4.43. The van der Waals surface area contributed by atoms with Gasteiger partial charge in [0.15, 0.2) is 0 Å². The standard InChI is InChI=1S/C15H26Si2/c1-5-17(6-2,7-3)13-12-16-15-10-8-14(4)9-11-15/h8-11H,5-7,12-13H2,1-4H3. The van der Waals surface area contributed by atoms with Gasteiger partial charge in [0.1, 0.15) is 0 Å². The van der Waals surface area contributed by atoms with Crippen LogP contribution >= 0.6 is 0 Å². The van der Waals surface area contributed by atoms with E-state index in [0.29, 0.717) is 0 Å². The second-order valence-electron chi connectivity index (χ2n) is 5.10. The van der Waals surface area contributed by atoms with Gasteiger partial charge in [-0.1, -0.05) is 86.0 Å². The predicted molar refractivity (Wildman–Crippen MR) is 83.4 cm³/mol. The highest BCUT2D eigenvalue weighted by molar-refractivity contribution is 6.80. The highest BCUT2D eigenvalue weighted by Gasteiger charge is 2.25. The molecule has 1 rings (SSSR count). The van der Waals surface area contributed by atoms with Crippen LogP contribution in [-0.2, 0) is 0 Å². The maximum atomic E-state index is 2.41. The normalized spacial score (nSPS) is 11.8. The first-order chi connectivity index (χ1) is 8.15. The lowest BCUT2D eigenvalue weighted by molar-refractivity contribution is 1.11. The number of aryl methyl sites for hydroxylation is 1. The SMILES string of the molecule is CC[Si](CC)(CC)CC[Si]c1ccc(C)cc1. The van der Waals surface area contributed by atoms with E-state index in [2.05, 4.69) is 52.0 Å². The fourth-order valence-electron chi connectivity index (χ4n) is 2.42. The van der Waals surface area contributed by atoms with Gasteiger partial charge in [-0.25, -0.2) is 0 Å². The van der Waals surface area contributed by atoms with Crippen molar-refractivity contribution < 1.29 is 0 Å². The molecule has 2 radical (unpaired) electrons. The monoisotopic (exact) mass is 262 g/mol. The van der Waals surface area contributed by atoms with Crippen LogP contribution in [-0.4, -0.2) is 17.6 Å². The lowest BCUT2D eigenvalue weighted by Gasteiger charge is -2.27. The summed E-state index contributed by atoms with van der Waals surface area (Å²) >= 11 is 0. The molecule has 0 aromatic heterocycles. The Kier molecular flexibility index (Phi) is 6.20. The van der Waals surface area contributed by atoms with Crippen molar-refractivity contribution in [1.82, 2.24) is 0 Å². The van der Waals surface area contributed by atoms with E-state index in [1.165, 1.54) is 35.8 Å². The smallest absolute Gasteiger partial charge is 0.0678 e. The molecular weight excluding hydrogens is 236 g/mol. The molecule has 0 heterocycles. The lowest BCUT2D eigenvalue weighted by Crippen LogP contribution is -2.32. The molecule has 0 nitrogen and oxygen atoms in total. The van der Waals surface area contributed by atoms with Gasteiger partial charge < -0.3 is 0 Å². The molecule has 0 spiro atoms. The Balaban J connectivity index is 2.43. The fraction of sp³-hybridized carbons (Fsp3) is 0.600. The third-order valence-corrected chi connectivity index (χ3v) is 11.8.